The maximum absolute atomic E-state index is 12.5. The van der Waals surface area contributed by atoms with Crippen molar-refractivity contribution in [1.82, 2.24) is 14.3 Å². The number of nitrogens with zero attached hydrogens (tertiary/aromatic N) is 3. The molecule has 0 N–H and O–H groups in total. The van der Waals surface area contributed by atoms with Crippen LogP contribution in [0.4, 0.5) is 0 Å². The largest absolute Gasteiger partial charge is 0.260 e. The Hall–Kier alpha value is -1.02. The first-order valence-corrected chi connectivity index (χ1v) is 8.19. The Kier molecular flexibility index (Phi) is 4.74. The molecule has 2 aromatic heterocycles. The monoisotopic (exact) mass is 375 g/mol. The molecule has 0 radical (unpaired) electrons. The summed E-state index contributed by atoms with van der Waals surface area (Å²) in [4.78, 5) is 7.90. The lowest BCUT2D eigenvalue weighted by Crippen LogP contribution is -2.27. The molecule has 0 unspecified atom stereocenters. The molecule has 20 heavy (non-hydrogen) atoms. The smallest absolute Gasteiger partial charge is 0.246 e. The second-order valence-electron chi connectivity index (χ2n) is 4.02. The molecule has 106 valence electrons. The number of sulfonamides is 1. The number of hydrogen-bond donors (Lipinski definition) is 0. The van der Waals surface area contributed by atoms with E-state index in [1.54, 1.807) is 24.4 Å². The first kappa shape index (κ1) is 15.4. The number of pyridine rings is 2. The third-order valence-corrected chi connectivity index (χ3v) is 5.24. The molecule has 8 heteroatoms. The number of rotatable bonds is 4. The van der Waals surface area contributed by atoms with E-state index in [9.17, 15) is 8.42 Å². The molecule has 0 atom stereocenters. The Morgan fingerprint density at radius 3 is 2.75 bits per heavy atom. The minimum Gasteiger partial charge on any atom is -0.260 e. The molecule has 0 saturated heterocycles. The lowest BCUT2D eigenvalue weighted by molar-refractivity contribution is 0.462. The highest BCUT2D eigenvalue weighted by Crippen LogP contribution is 2.25. The predicted octanol–water partition coefficient (Wildman–Crippen LogP) is 2.71. The van der Waals surface area contributed by atoms with Gasteiger partial charge in [0.1, 0.15) is 10.0 Å². The van der Waals surface area contributed by atoms with E-state index in [1.165, 1.54) is 23.6 Å². The van der Waals surface area contributed by atoms with Gasteiger partial charge >= 0.3 is 0 Å². The lowest BCUT2D eigenvalue weighted by atomic mass is 10.3. The fourth-order valence-corrected chi connectivity index (χ4v) is 3.62. The van der Waals surface area contributed by atoms with Gasteiger partial charge in [-0.15, -0.1) is 0 Å². The Bertz CT molecular complexity index is 710. The van der Waals surface area contributed by atoms with Crippen molar-refractivity contribution in [1.29, 1.82) is 0 Å². The van der Waals surface area contributed by atoms with E-state index in [0.29, 0.717) is 10.2 Å². The third kappa shape index (κ3) is 3.35. The maximum Gasteiger partial charge on any atom is 0.246 e. The predicted molar refractivity (Wildman–Crippen MR) is 79.8 cm³/mol. The van der Waals surface area contributed by atoms with Gasteiger partial charge in [0, 0.05) is 23.9 Å². The summed E-state index contributed by atoms with van der Waals surface area (Å²) in [6.07, 6.45) is 3.06. The van der Waals surface area contributed by atoms with Crippen molar-refractivity contribution in [3.63, 3.8) is 0 Å². The van der Waals surface area contributed by atoms with Gasteiger partial charge in [-0.1, -0.05) is 17.7 Å². The zero-order valence-corrected chi connectivity index (χ0v) is 13.7. The van der Waals surface area contributed by atoms with Gasteiger partial charge in [-0.25, -0.2) is 13.4 Å². The van der Waals surface area contributed by atoms with Gasteiger partial charge in [-0.05, 0) is 34.1 Å². The maximum atomic E-state index is 12.5. The molecular weight excluding hydrogens is 366 g/mol. The van der Waals surface area contributed by atoms with Crippen LogP contribution in [0.15, 0.2) is 46.0 Å². The molecule has 0 aliphatic heterocycles. The highest BCUT2D eigenvalue weighted by Gasteiger charge is 2.25. The van der Waals surface area contributed by atoms with Gasteiger partial charge in [0.2, 0.25) is 10.0 Å². The first-order valence-electron chi connectivity index (χ1n) is 5.58. The Morgan fingerprint density at radius 2 is 2.10 bits per heavy atom. The van der Waals surface area contributed by atoms with E-state index in [2.05, 4.69) is 25.9 Å². The quantitative estimate of drug-likeness (QED) is 0.770. The minimum absolute atomic E-state index is 0.0352. The van der Waals surface area contributed by atoms with Gasteiger partial charge in [0.05, 0.1) is 12.2 Å². The van der Waals surface area contributed by atoms with E-state index < -0.39 is 10.0 Å². The minimum atomic E-state index is -3.72. The molecule has 0 amide bonds. The number of halogens is 2. The second-order valence-corrected chi connectivity index (χ2v) is 7.31. The molecule has 5 nitrogen and oxygen atoms in total. The average Bonchev–Trinajstić information content (AvgIpc) is 2.42. The van der Waals surface area contributed by atoms with Crippen molar-refractivity contribution in [3.05, 3.63) is 52.0 Å². The summed E-state index contributed by atoms with van der Waals surface area (Å²) in [7, 11) is -2.25. The van der Waals surface area contributed by atoms with Crippen molar-refractivity contribution >= 4 is 37.6 Å². The van der Waals surface area contributed by atoms with Crippen molar-refractivity contribution in [2.24, 2.45) is 0 Å². The summed E-state index contributed by atoms with van der Waals surface area (Å²) in [6, 6.07) is 6.76. The van der Waals surface area contributed by atoms with Crippen molar-refractivity contribution < 1.29 is 8.42 Å². The summed E-state index contributed by atoms with van der Waals surface area (Å²) in [6.45, 7) is 0.159. The van der Waals surface area contributed by atoms with Gasteiger partial charge in [0.25, 0.3) is 0 Å². The van der Waals surface area contributed by atoms with E-state index in [4.69, 9.17) is 11.6 Å². The second kappa shape index (κ2) is 6.17. The van der Waals surface area contributed by atoms with Crippen LogP contribution < -0.4 is 0 Å². The molecule has 0 bridgehead atoms. The molecule has 0 aliphatic carbocycles. The van der Waals surface area contributed by atoms with Gasteiger partial charge in [-0.2, -0.15) is 4.31 Å². The van der Waals surface area contributed by atoms with E-state index >= 15 is 0 Å². The van der Waals surface area contributed by atoms with Crippen LogP contribution in [0.25, 0.3) is 0 Å². The Balaban J connectivity index is 2.32. The topological polar surface area (TPSA) is 63.2 Å². The number of hydrogen-bond acceptors (Lipinski definition) is 4. The van der Waals surface area contributed by atoms with Crippen LogP contribution in [0, 0.1) is 0 Å². The zero-order chi connectivity index (χ0) is 14.8. The Labute approximate surface area is 130 Å². The normalized spacial score (nSPS) is 11.8. The van der Waals surface area contributed by atoms with Crippen LogP contribution in [0.1, 0.15) is 5.69 Å². The summed E-state index contributed by atoms with van der Waals surface area (Å²) in [5, 5.41) is -0.0546. The van der Waals surface area contributed by atoms with E-state index in [-0.39, 0.29) is 16.6 Å². The molecule has 0 saturated carbocycles. The van der Waals surface area contributed by atoms with Gasteiger partial charge < -0.3 is 0 Å². The molecule has 2 heterocycles. The summed E-state index contributed by atoms with van der Waals surface area (Å²) < 4.78 is 26.7. The molecule has 0 aliphatic rings. The van der Waals surface area contributed by atoms with E-state index in [1.807, 2.05) is 0 Å². The average molecular weight is 377 g/mol. The first-order chi connectivity index (χ1) is 9.41. The van der Waals surface area contributed by atoms with Gasteiger partial charge in [0.15, 0.2) is 0 Å². The van der Waals surface area contributed by atoms with Crippen LogP contribution in [-0.4, -0.2) is 29.7 Å². The van der Waals surface area contributed by atoms with Crippen molar-refractivity contribution in [2.75, 3.05) is 7.05 Å². The molecule has 0 spiro atoms. The SMILES string of the molecule is CN(Cc1ccccn1)S(=O)(=O)c1cc(Br)cnc1Cl. The van der Waals surface area contributed by atoms with Crippen LogP contribution in [0.5, 0.6) is 0 Å². The standard InChI is InChI=1S/C12H11BrClN3O2S/c1-17(8-10-4-2-3-5-15-10)20(18,19)11-6-9(13)7-16-12(11)14/h2-7H,8H2,1H3. The fourth-order valence-electron chi connectivity index (χ4n) is 1.56. The lowest BCUT2D eigenvalue weighted by Gasteiger charge is -2.17. The van der Waals surface area contributed by atoms with Crippen LogP contribution >= 0.6 is 27.5 Å². The molecular formula is C12H11BrClN3O2S. The highest BCUT2D eigenvalue weighted by atomic mass is 79.9. The van der Waals surface area contributed by atoms with Gasteiger partial charge in [-0.3, -0.25) is 4.98 Å². The molecule has 2 aromatic rings. The Morgan fingerprint density at radius 1 is 1.35 bits per heavy atom. The highest BCUT2D eigenvalue weighted by molar-refractivity contribution is 9.10. The molecule has 2 rings (SSSR count). The van der Waals surface area contributed by atoms with Crippen LogP contribution in [0.3, 0.4) is 0 Å². The fraction of sp³-hybridized carbons (Fsp3) is 0.167. The summed E-state index contributed by atoms with van der Waals surface area (Å²) >= 11 is 9.06. The summed E-state index contributed by atoms with van der Waals surface area (Å²) in [5.41, 5.74) is 0.651. The zero-order valence-electron chi connectivity index (χ0n) is 10.5. The van der Waals surface area contributed by atoms with E-state index in [0.717, 1.165) is 0 Å². The van der Waals surface area contributed by atoms with Crippen LogP contribution in [-0.2, 0) is 16.6 Å². The molecule has 0 fully saturated rings. The third-order valence-electron chi connectivity index (χ3n) is 2.57. The number of aromatic nitrogens is 2. The van der Waals surface area contributed by atoms with Crippen LogP contribution in [0.2, 0.25) is 5.15 Å². The van der Waals surface area contributed by atoms with Crippen molar-refractivity contribution in [3.8, 4) is 0 Å². The van der Waals surface area contributed by atoms with Crippen molar-refractivity contribution in [2.45, 2.75) is 11.4 Å². The summed E-state index contributed by atoms with van der Waals surface area (Å²) in [5.74, 6) is 0. The molecule has 0 aromatic carbocycles.